The van der Waals surface area contributed by atoms with Gasteiger partial charge in [-0.25, -0.2) is 13.1 Å². The Morgan fingerprint density at radius 1 is 1.00 bits per heavy atom. The van der Waals surface area contributed by atoms with Crippen LogP contribution in [-0.2, 0) is 10.0 Å². The van der Waals surface area contributed by atoms with Gasteiger partial charge in [-0.1, -0.05) is 44.2 Å². The van der Waals surface area contributed by atoms with Gasteiger partial charge in [0.2, 0.25) is 10.0 Å². The summed E-state index contributed by atoms with van der Waals surface area (Å²) in [4.78, 5) is 0.312. The third kappa shape index (κ3) is 4.79. The Balaban J connectivity index is 2.06. The molecule has 0 aliphatic heterocycles. The number of rotatable bonds is 8. The van der Waals surface area contributed by atoms with Crippen molar-refractivity contribution >= 4 is 20.8 Å². The largest absolute Gasteiger partial charge is 0.330 e. The molecule has 2 atom stereocenters. The van der Waals surface area contributed by atoms with Gasteiger partial charge in [-0.3, -0.25) is 0 Å². The van der Waals surface area contributed by atoms with E-state index in [-0.39, 0.29) is 6.04 Å². The van der Waals surface area contributed by atoms with E-state index in [0.717, 1.165) is 23.6 Å². The Morgan fingerprint density at radius 3 is 2.29 bits per heavy atom. The second kappa shape index (κ2) is 8.10. The number of benzene rings is 2. The topological polar surface area (TPSA) is 72.2 Å². The number of nitrogens with two attached hydrogens (primary N) is 1. The van der Waals surface area contributed by atoms with Crippen molar-refractivity contribution in [3.8, 4) is 0 Å². The zero-order valence-corrected chi connectivity index (χ0v) is 15.5. The highest BCUT2D eigenvalue weighted by molar-refractivity contribution is 7.89. The van der Waals surface area contributed by atoms with E-state index in [4.69, 9.17) is 5.73 Å². The summed E-state index contributed by atoms with van der Waals surface area (Å²) in [5, 5.41) is 1.96. The van der Waals surface area contributed by atoms with Crippen LogP contribution in [0.5, 0.6) is 0 Å². The molecule has 0 aliphatic rings. The van der Waals surface area contributed by atoms with Crippen molar-refractivity contribution in [1.82, 2.24) is 4.72 Å². The maximum absolute atomic E-state index is 12.6. The van der Waals surface area contributed by atoms with Crippen LogP contribution >= 0.6 is 0 Å². The van der Waals surface area contributed by atoms with Gasteiger partial charge in [0, 0.05) is 6.04 Å². The summed E-state index contributed by atoms with van der Waals surface area (Å²) in [5.41, 5.74) is 5.79. The molecule has 3 N–H and O–H groups in total. The van der Waals surface area contributed by atoms with E-state index in [9.17, 15) is 8.42 Å². The van der Waals surface area contributed by atoms with E-state index in [1.54, 1.807) is 12.1 Å². The van der Waals surface area contributed by atoms with Gasteiger partial charge in [0.1, 0.15) is 0 Å². The molecule has 0 fully saturated rings. The minimum Gasteiger partial charge on any atom is -0.330 e. The first kappa shape index (κ1) is 18.9. The van der Waals surface area contributed by atoms with Crippen molar-refractivity contribution < 1.29 is 8.42 Å². The molecule has 0 radical (unpaired) electrons. The first-order valence-electron chi connectivity index (χ1n) is 8.54. The van der Waals surface area contributed by atoms with Crippen LogP contribution in [0, 0.1) is 11.8 Å². The summed E-state index contributed by atoms with van der Waals surface area (Å²) < 4.78 is 28.0. The second-order valence-corrected chi connectivity index (χ2v) is 8.56. The summed E-state index contributed by atoms with van der Waals surface area (Å²) in [6.07, 6.45) is 1.71. The molecule has 5 heteroatoms. The molecule has 0 saturated heterocycles. The number of hydrogen-bond acceptors (Lipinski definition) is 3. The quantitative estimate of drug-likeness (QED) is 0.767. The van der Waals surface area contributed by atoms with Gasteiger partial charge in [0.25, 0.3) is 0 Å². The fraction of sp³-hybridized carbons (Fsp3) is 0.474. The van der Waals surface area contributed by atoms with Crippen LogP contribution in [0.25, 0.3) is 10.8 Å². The molecular weight excluding hydrogens is 320 g/mol. The van der Waals surface area contributed by atoms with Crippen molar-refractivity contribution in [3.63, 3.8) is 0 Å². The standard InChI is InChI=1S/C19H28N2O2S/c1-14(2)18(13-20)9-8-15(3)21-24(22,23)19-11-10-16-6-4-5-7-17(16)12-19/h4-7,10-12,14-15,18,21H,8-9,13,20H2,1-3H3/t15-,18+/m0/s1. The SMILES string of the molecule is CC(C)[C@@H](CN)CC[C@H](C)NS(=O)(=O)c1ccc2ccccc2c1. The van der Waals surface area contributed by atoms with E-state index in [0.29, 0.717) is 23.3 Å². The lowest BCUT2D eigenvalue weighted by Crippen LogP contribution is -2.33. The molecule has 4 nitrogen and oxygen atoms in total. The highest BCUT2D eigenvalue weighted by Gasteiger charge is 2.19. The first-order valence-corrected chi connectivity index (χ1v) is 10.0. The average molecular weight is 349 g/mol. The van der Waals surface area contributed by atoms with Crippen LogP contribution in [0.3, 0.4) is 0 Å². The van der Waals surface area contributed by atoms with Gasteiger partial charge in [-0.15, -0.1) is 0 Å². The van der Waals surface area contributed by atoms with E-state index in [1.165, 1.54) is 0 Å². The van der Waals surface area contributed by atoms with Gasteiger partial charge < -0.3 is 5.73 Å². The summed E-state index contributed by atoms with van der Waals surface area (Å²) in [6, 6.07) is 12.9. The normalized spacial score (nSPS) is 14.9. The summed E-state index contributed by atoms with van der Waals surface area (Å²) in [7, 11) is -3.51. The molecule has 0 bridgehead atoms. The number of sulfonamides is 1. The van der Waals surface area contributed by atoms with Crippen LogP contribution in [0.1, 0.15) is 33.6 Å². The maximum Gasteiger partial charge on any atom is 0.240 e. The zero-order valence-electron chi connectivity index (χ0n) is 14.7. The molecule has 0 spiro atoms. The fourth-order valence-electron chi connectivity index (χ4n) is 2.91. The molecule has 2 aromatic carbocycles. The molecule has 24 heavy (non-hydrogen) atoms. The minimum atomic E-state index is -3.51. The van der Waals surface area contributed by atoms with Crippen molar-refractivity contribution in [3.05, 3.63) is 42.5 Å². The summed E-state index contributed by atoms with van der Waals surface area (Å²) in [5.74, 6) is 0.942. The van der Waals surface area contributed by atoms with Gasteiger partial charge in [0.15, 0.2) is 0 Å². The van der Waals surface area contributed by atoms with Gasteiger partial charge in [-0.05, 0) is 61.1 Å². The molecule has 0 aromatic heterocycles. The Kier molecular flexibility index (Phi) is 6.38. The molecular formula is C19H28N2O2S. The van der Waals surface area contributed by atoms with Crippen molar-refractivity contribution in [2.45, 2.75) is 44.6 Å². The Bertz CT molecular complexity index is 772. The van der Waals surface area contributed by atoms with Crippen molar-refractivity contribution in [1.29, 1.82) is 0 Å². The number of fused-ring (bicyclic) bond motifs is 1. The monoisotopic (exact) mass is 348 g/mol. The molecule has 0 heterocycles. The minimum absolute atomic E-state index is 0.116. The molecule has 2 rings (SSSR count). The predicted octanol–water partition coefficient (Wildman–Crippen LogP) is 3.52. The lowest BCUT2D eigenvalue weighted by Gasteiger charge is -2.21. The lowest BCUT2D eigenvalue weighted by molar-refractivity contribution is 0.346. The van der Waals surface area contributed by atoms with Gasteiger partial charge in [0.05, 0.1) is 4.90 Å². The van der Waals surface area contributed by atoms with E-state index in [1.807, 2.05) is 37.3 Å². The first-order chi connectivity index (χ1) is 11.3. The average Bonchev–Trinajstić information content (AvgIpc) is 2.54. The lowest BCUT2D eigenvalue weighted by atomic mass is 9.90. The maximum atomic E-state index is 12.6. The van der Waals surface area contributed by atoms with Crippen LogP contribution in [0.4, 0.5) is 0 Å². The Morgan fingerprint density at radius 2 is 1.67 bits per heavy atom. The van der Waals surface area contributed by atoms with Gasteiger partial charge in [-0.2, -0.15) is 0 Å². The molecule has 0 saturated carbocycles. The number of hydrogen-bond donors (Lipinski definition) is 2. The van der Waals surface area contributed by atoms with Crippen LogP contribution in [0.2, 0.25) is 0 Å². The predicted molar refractivity (Wildman–Crippen MR) is 100 cm³/mol. The van der Waals surface area contributed by atoms with E-state index >= 15 is 0 Å². The fourth-order valence-corrected chi connectivity index (χ4v) is 4.23. The second-order valence-electron chi connectivity index (χ2n) is 6.85. The van der Waals surface area contributed by atoms with E-state index < -0.39 is 10.0 Å². The highest BCUT2D eigenvalue weighted by atomic mass is 32.2. The van der Waals surface area contributed by atoms with Gasteiger partial charge >= 0.3 is 0 Å². The molecule has 132 valence electrons. The molecule has 2 aromatic rings. The third-order valence-electron chi connectivity index (χ3n) is 4.60. The summed E-state index contributed by atoms with van der Waals surface area (Å²) in [6.45, 7) is 6.86. The van der Waals surface area contributed by atoms with Crippen molar-refractivity contribution in [2.75, 3.05) is 6.54 Å². The highest BCUT2D eigenvalue weighted by Crippen LogP contribution is 2.20. The number of nitrogens with one attached hydrogen (secondary N) is 1. The molecule has 0 aliphatic carbocycles. The van der Waals surface area contributed by atoms with Crippen LogP contribution in [-0.4, -0.2) is 21.0 Å². The third-order valence-corrected chi connectivity index (χ3v) is 6.19. The van der Waals surface area contributed by atoms with Crippen molar-refractivity contribution in [2.24, 2.45) is 17.6 Å². The van der Waals surface area contributed by atoms with Crippen LogP contribution in [0.15, 0.2) is 47.4 Å². The Hall–Kier alpha value is -1.43. The summed E-state index contributed by atoms with van der Waals surface area (Å²) >= 11 is 0. The Labute approximate surface area is 145 Å². The zero-order chi connectivity index (χ0) is 17.7. The molecule has 0 amide bonds. The van der Waals surface area contributed by atoms with Crippen LogP contribution < -0.4 is 10.5 Å². The molecule has 0 unspecified atom stereocenters. The smallest absolute Gasteiger partial charge is 0.240 e. The van der Waals surface area contributed by atoms with E-state index in [2.05, 4.69) is 18.6 Å².